The van der Waals surface area contributed by atoms with Crippen LogP contribution in [0, 0.1) is 0 Å². The summed E-state index contributed by atoms with van der Waals surface area (Å²) >= 11 is 5.92. The molecule has 1 N–H and O–H groups in total. The molecule has 0 saturated carbocycles. The first-order chi connectivity index (χ1) is 18.0. The summed E-state index contributed by atoms with van der Waals surface area (Å²) in [5, 5.41) is 12.0. The molecule has 1 amide bonds. The number of β-amino-alcohol motifs (C(OH)–C–C–N with tert-alkyl or cyclic N) is 1. The summed E-state index contributed by atoms with van der Waals surface area (Å²) in [5.41, 5.74) is 1.56. The summed E-state index contributed by atoms with van der Waals surface area (Å²) in [6.07, 6.45) is -5.49. The smallest absolute Gasteiger partial charge is 0.390 e. The lowest BCUT2D eigenvalue weighted by Gasteiger charge is -2.38. The largest absolute Gasteiger partial charge is 0.451 e. The van der Waals surface area contributed by atoms with Crippen LogP contribution in [0.3, 0.4) is 0 Å². The number of aliphatic hydroxyl groups is 1. The van der Waals surface area contributed by atoms with Crippen molar-refractivity contribution in [2.75, 3.05) is 63.2 Å². The second-order valence-corrected chi connectivity index (χ2v) is 10.3. The average molecular weight is 549 g/mol. The number of benzene rings is 2. The Morgan fingerprint density at radius 3 is 2.34 bits per heavy atom. The van der Waals surface area contributed by atoms with E-state index in [1.807, 2.05) is 19.0 Å². The Labute approximate surface area is 223 Å². The van der Waals surface area contributed by atoms with Gasteiger partial charge >= 0.3 is 6.18 Å². The molecule has 2 saturated heterocycles. The van der Waals surface area contributed by atoms with Gasteiger partial charge in [-0.3, -0.25) is 9.69 Å². The van der Waals surface area contributed by atoms with Gasteiger partial charge in [-0.2, -0.15) is 13.2 Å². The molecular weight excluding hydrogens is 521 g/mol. The zero-order chi connectivity index (χ0) is 27.2. The van der Waals surface area contributed by atoms with E-state index in [-0.39, 0.29) is 29.8 Å². The molecule has 8 nitrogen and oxygen atoms in total. The highest BCUT2D eigenvalue weighted by Gasteiger charge is 2.40. The van der Waals surface area contributed by atoms with Crippen LogP contribution in [0.5, 0.6) is 0 Å². The predicted octanol–water partition coefficient (Wildman–Crippen LogP) is 3.38. The van der Waals surface area contributed by atoms with Crippen LogP contribution in [-0.2, 0) is 6.18 Å². The lowest BCUT2D eigenvalue weighted by atomic mass is 10.1. The number of rotatable bonds is 4. The molecule has 1 aromatic heterocycles. The fourth-order valence-corrected chi connectivity index (χ4v) is 5.21. The first-order valence-electron chi connectivity index (χ1n) is 12.3. The Bertz CT molecular complexity index is 1330. The number of carbonyl (C=O) groups is 1. The second-order valence-electron chi connectivity index (χ2n) is 9.84. The van der Waals surface area contributed by atoms with Crippen LogP contribution in [0.1, 0.15) is 16.2 Å². The zero-order valence-corrected chi connectivity index (χ0v) is 21.7. The molecule has 0 radical (unpaired) electrons. The lowest BCUT2D eigenvalue weighted by Crippen LogP contribution is -2.54. The molecule has 38 heavy (non-hydrogen) atoms. The van der Waals surface area contributed by atoms with E-state index in [0.29, 0.717) is 48.7 Å². The number of fused-ring (bicyclic) bond motifs is 1. The number of aliphatic hydroxyl groups excluding tert-OH is 1. The molecule has 2 fully saturated rings. The van der Waals surface area contributed by atoms with E-state index in [2.05, 4.69) is 14.9 Å². The highest BCUT2D eigenvalue weighted by atomic mass is 35.5. The second kappa shape index (κ2) is 10.2. The van der Waals surface area contributed by atoms with E-state index in [4.69, 9.17) is 11.6 Å². The van der Waals surface area contributed by atoms with Gasteiger partial charge in [-0.1, -0.05) is 11.6 Å². The minimum atomic E-state index is -4.70. The number of nitrogens with zero attached hydrogens (tertiary/aromatic N) is 6. The number of alkyl halides is 3. The maximum absolute atomic E-state index is 13.6. The van der Waals surface area contributed by atoms with Gasteiger partial charge in [-0.15, -0.1) is 0 Å². The monoisotopic (exact) mass is 548 g/mol. The third-order valence-electron chi connectivity index (χ3n) is 7.15. The normalized spacial score (nSPS) is 20.8. The standard InChI is InChI=1S/C26H28ClF3N6O2/c1-33(2)18-7-8-20-19(13-18)23(32-25(31-20)26(28,29)30)36-14-21(22(37)15-36)34-9-11-35(12-10-34)24(38)16-3-5-17(27)6-4-16/h3-8,13,21-22,37H,9-12,14-15H2,1-2H3/t21-,22-/m0/s1. The molecule has 202 valence electrons. The molecule has 0 unspecified atom stereocenters. The van der Waals surface area contributed by atoms with Crippen LogP contribution in [0.2, 0.25) is 5.02 Å². The van der Waals surface area contributed by atoms with Crippen molar-refractivity contribution in [3.8, 4) is 0 Å². The SMILES string of the molecule is CN(C)c1ccc2nc(C(F)(F)F)nc(N3C[C@H](O)[C@@H](N4CCN(C(=O)c5ccc(Cl)cc5)CC4)C3)c2c1. The van der Waals surface area contributed by atoms with E-state index in [9.17, 15) is 23.1 Å². The number of anilines is 2. The van der Waals surface area contributed by atoms with Crippen molar-refractivity contribution in [2.45, 2.75) is 18.3 Å². The molecule has 2 aliphatic rings. The van der Waals surface area contributed by atoms with Crippen LogP contribution in [-0.4, -0.2) is 96.3 Å². The van der Waals surface area contributed by atoms with Gasteiger partial charge in [0.25, 0.3) is 5.91 Å². The Hall–Kier alpha value is -3.15. The number of hydrogen-bond donors (Lipinski definition) is 1. The summed E-state index contributed by atoms with van der Waals surface area (Å²) < 4.78 is 40.9. The summed E-state index contributed by atoms with van der Waals surface area (Å²) in [7, 11) is 3.69. The zero-order valence-electron chi connectivity index (χ0n) is 21.0. The summed E-state index contributed by atoms with van der Waals surface area (Å²) in [6.45, 7) is 2.49. The number of aromatic nitrogens is 2. The first kappa shape index (κ1) is 26.5. The van der Waals surface area contributed by atoms with E-state index in [1.54, 1.807) is 52.3 Å². The summed E-state index contributed by atoms with van der Waals surface area (Å²) in [4.78, 5) is 27.9. The lowest BCUT2D eigenvalue weighted by molar-refractivity contribution is -0.144. The van der Waals surface area contributed by atoms with Gasteiger partial charge in [0.2, 0.25) is 5.82 Å². The number of piperazine rings is 1. The first-order valence-corrected chi connectivity index (χ1v) is 12.7. The molecule has 3 heterocycles. The molecule has 2 aromatic carbocycles. The summed E-state index contributed by atoms with van der Waals surface area (Å²) in [6, 6.07) is 11.5. The topological polar surface area (TPSA) is 76.0 Å². The van der Waals surface area contributed by atoms with Gasteiger partial charge in [0.1, 0.15) is 5.82 Å². The molecule has 2 atom stereocenters. The molecule has 2 aliphatic heterocycles. The Morgan fingerprint density at radius 2 is 1.71 bits per heavy atom. The molecule has 3 aromatic rings. The van der Waals surface area contributed by atoms with Crippen molar-refractivity contribution in [2.24, 2.45) is 0 Å². The fourth-order valence-electron chi connectivity index (χ4n) is 5.08. The molecule has 0 aliphatic carbocycles. The van der Waals surface area contributed by atoms with Crippen LogP contribution in [0.15, 0.2) is 42.5 Å². The third kappa shape index (κ3) is 5.23. The van der Waals surface area contributed by atoms with Crippen LogP contribution in [0.4, 0.5) is 24.7 Å². The van der Waals surface area contributed by atoms with Crippen LogP contribution in [0.25, 0.3) is 10.9 Å². The van der Waals surface area contributed by atoms with Crippen molar-refractivity contribution < 1.29 is 23.1 Å². The molecule has 0 bridgehead atoms. The van der Waals surface area contributed by atoms with Crippen LogP contribution < -0.4 is 9.80 Å². The number of hydrogen-bond acceptors (Lipinski definition) is 7. The summed E-state index contributed by atoms with van der Waals surface area (Å²) in [5.74, 6) is -1.13. The van der Waals surface area contributed by atoms with Crippen molar-refractivity contribution in [3.05, 3.63) is 58.9 Å². The highest BCUT2D eigenvalue weighted by molar-refractivity contribution is 6.30. The molecule has 12 heteroatoms. The highest BCUT2D eigenvalue weighted by Crippen LogP contribution is 2.35. The van der Waals surface area contributed by atoms with Crippen LogP contribution >= 0.6 is 11.6 Å². The predicted molar refractivity (Wildman–Crippen MR) is 140 cm³/mol. The fraction of sp³-hybridized carbons (Fsp3) is 0.423. The van der Waals surface area contributed by atoms with Crippen molar-refractivity contribution in [1.82, 2.24) is 19.8 Å². The van der Waals surface area contributed by atoms with Crippen molar-refractivity contribution in [1.29, 1.82) is 0 Å². The van der Waals surface area contributed by atoms with E-state index in [0.717, 1.165) is 5.69 Å². The van der Waals surface area contributed by atoms with Gasteiger partial charge in [-0.25, -0.2) is 9.97 Å². The Kier molecular flexibility index (Phi) is 7.10. The third-order valence-corrected chi connectivity index (χ3v) is 7.40. The minimum absolute atomic E-state index is 0.0845. The van der Waals surface area contributed by atoms with E-state index >= 15 is 0 Å². The minimum Gasteiger partial charge on any atom is -0.390 e. The molecular formula is C26H28ClF3N6O2. The Balaban J connectivity index is 1.35. The van der Waals surface area contributed by atoms with Gasteiger partial charge in [0.05, 0.1) is 17.7 Å². The average Bonchev–Trinajstić information content (AvgIpc) is 3.28. The van der Waals surface area contributed by atoms with Gasteiger partial charge in [0.15, 0.2) is 0 Å². The van der Waals surface area contributed by atoms with Gasteiger partial charge in [0, 0.05) is 75.0 Å². The molecule has 0 spiro atoms. The number of halogens is 4. The Morgan fingerprint density at radius 1 is 1.03 bits per heavy atom. The maximum Gasteiger partial charge on any atom is 0.451 e. The van der Waals surface area contributed by atoms with Crippen molar-refractivity contribution in [3.63, 3.8) is 0 Å². The van der Waals surface area contributed by atoms with Gasteiger partial charge < -0.3 is 19.8 Å². The van der Waals surface area contributed by atoms with E-state index in [1.165, 1.54) is 0 Å². The van der Waals surface area contributed by atoms with Gasteiger partial charge in [-0.05, 0) is 42.5 Å². The number of amides is 1. The van der Waals surface area contributed by atoms with E-state index < -0.39 is 18.1 Å². The maximum atomic E-state index is 13.6. The quantitative estimate of drug-likeness (QED) is 0.536. The molecule has 5 rings (SSSR count). The number of carbonyl (C=O) groups excluding carboxylic acids is 1. The van der Waals surface area contributed by atoms with Crippen molar-refractivity contribution >= 4 is 39.9 Å².